The molecule has 2 aliphatic carbocycles. The van der Waals surface area contributed by atoms with Crippen molar-refractivity contribution < 1.29 is 14.0 Å². The molecule has 3 aliphatic rings. The third-order valence-electron chi connectivity index (χ3n) is 7.22. The van der Waals surface area contributed by atoms with E-state index >= 15 is 0 Å². The number of hydrogen-bond donors (Lipinski definition) is 1. The molecule has 5 heteroatoms. The molecule has 4 rings (SSSR count). The summed E-state index contributed by atoms with van der Waals surface area (Å²) in [6.45, 7) is 6.24. The van der Waals surface area contributed by atoms with Crippen LogP contribution in [0.15, 0.2) is 18.2 Å². The molecule has 1 N–H and O–H groups in total. The number of likely N-dealkylation sites (tertiary alicyclic amines) is 1. The molecule has 1 heterocycles. The largest absolute Gasteiger partial charge is 0.356 e. The minimum absolute atomic E-state index is 0.0616. The number of rotatable bonds is 4. The first-order valence-corrected chi connectivity index (χ1v) is 10.8. The van der Waals surface area contributed by atoms with E-state index in [4.69, 9.17) is 0 Å². The first-order valence-electron chi connectivity index (χ1n) is 10.8. The minimum Gasteiger partial charge on any atom is -0.356 e. The predicted octanol–water partition coefficient (Wildman–Crippen LogP) is 3.75. The number of halogens is 1. The molecule has 1 saturated carbocycles. The lowest BCUT2D eigenvalue weighted by Gasteiger charge is -2.43. The third kappa shape index (κ3) is 3.44. The normalized spacial score (nSPS) is 28.0. The Morgan fingerprint density at radius 3 is 2.61 bits per heavy atom. The Morgan fingerprint density at radius 2 is 1.96 bits per heavy atom. The van der Waals surface area contributed by atoms with Gasteiger partial charge in [-0.25, -0.2) is 4.39 Å². The van der Waals surface area contributed by atoms with Crippen LogP contribution < -0.4 is 5.32 Å². The van der Waals surface area contributed by atoms with Crippen molar-refractivity contribution in [2.24, 2.45) is 11.8 Å². The van der Waals surface area contributed by atoms with E-state index in [2.05, 4.69) is 12.2 Å². The Morgan fingerprint density at radius 1 is 1.25 bits per heavy atom. The molecule has 1 spiro atoms. The van der Waals surface area contributed by atoms with Crippen LogP contribution in [0, 0.1) is 17.7 Å². The van der Waals surface area contributed by atoms with E-state index in [-0.39, 0.29) is 29.0 Å². The van der Waals surface area contributed by atoms with Gasteiger partial charge in [0, 0.05) is 32.0 Å². The van der Waals surface area contributed by atoms with Gasteiger partial charge in [0.1, 0.15) is 5.82 Å². The Bertz CT molecular complexity index is 764. The maximum Gasteiger partial charge on any atom is 0.225 e. The molecule has 4 nitrogen and oxygen atoms in total. The molecule has 0 bridgehead atoms. The van der Waals surface area contributed by atoms with Gasteiger partial charge in [-0.2, -0.15) is 0 Å². The number of nitrogens with one attached hydrogen (secondary N) is 1. The molecule has 28 heavy (non-hydrogen) atoms. The highest BCUT2D eigenvalue weighted by molar-refractivity contribution is 5.80. The molecule has 0 radical (unpaired) electrons. The van der Waals surface area contributed by atoms with Crippen molar-refractivity contribution in [2.45, 2.75) is 63.7 Å². The summed E-state index contributed by atoms with van der Waals surface area (Å²) in [6.07, 6.45) is 5.10. The maximum atomic E-state index is 14.1. The lowest BCUT2D eigenvalue weighted by Crippen LogP contribution is -2.48. The summed E-state index contributed by atoms with van der Waals surface area (Å²) in [7, 11) is 0. The third-order valence-corrected chi connectivity index (χ3v) is 7.22. The van der Waals surface area contributed by atoms with E-state index in [1.165, 1.54) is 6.07 Å². The number of nitrogens with zero attached hydrogens (tertiary/aromatic N) is 1. The topological polar surface area (TPSA) is 49.4 Å². The number of hydrogen-bond acceptors (Lipinski definition) is 2. The van der Waals surface area contributed by atoms with Crippen LogP contribution in [-0.4, -0.2) is 36.3 Å². The standard InChI is InChI=1S/C23H31FN2O2/c1-3-25-21(27)12-17-14-23(20-13-18(24)4-5-19(17)20)6-8-26(9-7-23)22(28)16-10-15(2)11-16/h4-5,13,15-17H,3,6-12,14H2,1-2H3,(H,25,27)/t15?,16?,17-/m1/s1. The van der Waals surface area contributed by atoms with Gasteiger partial charge < -0.3 is 10.2 Å². The second kappa shape index (κ2) is 7.49. The average Bonchev–Trinajstić information content (AvgIpc) is 2.92. The van der Waals surface area contributed by atoms with E-state index in [0.29, 0.717) is 24.8 Å². The molecule has 1 aromatic carbocycles. The number of benzene rings is 1. The molecule has 1 aromatic rings. The number of fused-ring (bicyclic) bond motifs is 2. The van der Waals surface area contributed by atoms with Crippen molar-refractivity contribution in [3.05, 3.63) is 35.1 Å². The number of carbonyl (C=O) groups is 2. The van der Waals surface area contributed by atoms with Gasteiger partial charge in [-0.1, -0.05) is 13.0 Å². The fourth-order valence-corrected chi connectivity index (χ4v) is 5.70. The maximum absolute atomic E-state index is 14.1. The molecule has 1 atom stereocenters. The smallest absolute Gasteiger partial charge is 0.225 e. The second-order valence-corrected chi connectivity index (χ2v) is 9.17. The van der Waals surface area contributed by atoms with Crippen LogP contribution in [-0.2, 0) is 15.0 Å². The molecular weight excluding hydrogens is 355 g/mol. The zero-order valence-corrected chi connectivity index (χ0v) is 17.0. The summed E-state index contributed by atoms with van der Waals surface area (Å²) < 4.78 is 14.1. The van der Waals surface area contributed by atoms with Crippen LogP contribution in [0.4, 0.5) is 4.39 Å². The lowest BCUT2D eigenvalue weighted by atomic mass is 9.71. The minimum atomic E-state index is -0.209. The zero-order valence-electron chi connectivity index (χ0n) is 17.0. The summed E-state index contributed by atoms with van der Waals surface area (Å²) >= 11 is 0. The molecule has 1 aliphatic heterocycles. The second-order valence-electron chi connectivity index (χ2n) is 9.17. The van der Waals surface area contributed by atoms with Gasteiger partial charge in [0.25, 0.3) is 0 Å². The van der Waals surface area contributed by atoms with Crippen molar-refractivity contribution in [2.75, 3.05) is 19.6 Å². The van der Waals surface area contributed by atoms with Gasteiger partial charge in [0.2, 0.25) is 11.8 Å². The van der Waals surface area contributed by atoms with Gasteiger partial charge in [-0.15, -0.1) is 0 Å². The van der Waals surface area contributed by atoms with E-state index in [9.17, 15) is 14.0 Å². The van der Waals surface area contributed by atoms with Crippen LogP contribution in [0.25, 0.3) is 0 Å². The molecule has 2 amide bonds. The van der Waals surface area contributed by atoms with Crippen molar-refractivity contribution in [3.8, 4) is 0 Å². The van der Waals surface area contributed by atoms with Crippen LogP contribution in [0.5, 0.6) is 0 Å². The number of amides is 2. The van der Waals surface area contributed by atoms with Crippen molar-refractivity contribution >= 4 is 11.8 Å². The van der Waals surface area contributed by atoms with Gasteiger partial charge in [-0.05, 0) is 79.5 Å². The van der Waals surface area contributed by atoms with Crippen molar-refractivity contribution in [1.29, 1.82) is 0 Å². The highest BCUT2D eigenvalue weighted by Gasteiger charge is 2.47. The van der Waals surface area contributed by atoms with Crippen molar-refractivity contribution in [3.63, 3.8) is 0 Å². The Hall–Kier alpha value is -1.91. The number of carbonyl (C=O) groups excluding carboxylic acids is 2. The van der Waals surface area contributed by atoms with E-state index in [1.54, 1.807) is 6.07 Å². The monoisotopic (exact) mass is 386 g/mol. The fraction of sp³-hybridized carbons (Fsp3) is 0.652. The van der Waals surface area contributed by atoms with Crippen LogP contribution in [0.3, 0.4) is 0 Å². The molecular formula is C23H31FN2O2. The quantitative estimate of drug-likeness (QED) is 0.857. The molecule has 0 aromatic heterocycles. The fourth-order valence-electron chi connectivity index (χ4n) is 5.70. The van der Waals surface area contributed by atoms with Crippen molar-refractivity contribution in [1.82, 2.24) is 10.2 Å². The molecule has 152 valence electrons. The SMILES string of the molecule is CCNC(=O)C[C@@H]1CC2(CCN(C(=O)C3CC(C)C3)CC2)c2cc(F)ccc21. The first kappa shape index (κ1) is 19.4. The summed E-state index contributed by atoms with van der Waals surface area (Å²) in [6, 6.07) is 5.06. The summed E-state index contributed by atoms with van der Waals surface area (Å²) in [5.41, 5.74) is 2.10. The average molecular weight is 387 g/mol. The van der Waals surface area contributed by atoms with Gasteiger partial charge in [0.05, 0.1) is 0 Å². The molecule has 2 fully saturated rings. The lowest BCUT2D eigenvalue weighted by molar-refractivity contribution is -0.141. The Kier molecular flexibility index (Phi) is 5.19. The van der Waals surface area contributed by atoms with E-state index < -0.39 is 0 Å². The first-order chi connectivity index (χ1) is 13.4. The Labute approximate surface area is 166 Å². The predicted molar refractivity (Wildman–Crippen MR) is 106 cm³/mol. The van der Waals surface area contributed by atoms with Crippen LogP contribution in [0.1, 0.15) is 69.4 Å². The molecule has 1 saturated heterocycles. The highest BCUT2D eigenvalue weighted by Crippen LogP contribution is 2.53. The molecule has 0 unspecified atom stereocenters. The zero-order chi connectivity index (χ0) is 19.9. The summed E-state index contributed by atoms with van der Waals surface area (Å²) in [5, 5.41) is 2.89. The van der Waals surface area contributed by atoms with Gasteiger partial charge >= 0.3 is 0 Å². The van der Waals surface area contributed by atoms with Crippen LogP contribution in [0.2, 0.25) is 0 Å². The summed E-state index contributed by atoms with van der Waals surface area (Å²) in [5.74, 6) is 1.18. The van der Waals surface area contributed by atoms with Gasteiger partial charge in [0.15, 0.2) is 0 Å². The van der Waals surface area contributed by atoms with Gasteiger partial charge in [-0.3, -0.25) is 9.59 Å². The highest BCUT2D eigenvalue weighted by atomic mass is 19.1. The van der Waals surface area contributed by atoms with E-state index in [0.717, 1.165) is 56.3 Å². The summed E-state index contributed by atoms with van der Waals surface area (Å²) in [4.78, 5) is 26.9. The van der Waals surface area contributed by atoms with Crippen LogP contribution >= 0.6 is 0 Å². The number of piperidine rings is 1. The Balaban J connectivity index is 1.49. The van der Waals surface area contributed by atoms with E-state index in [1.807, 2.05) is 17.9 Å².